The van der Waals surface area contributed by atoms with E-state index in [1.807, 2.05) is 18.9 Å². The Labute approximate surface area is 127 Å². The van der Waals surface area contributed by atoms with Gasteiger partial charge in [-0.05, 0) is 19.7 Å². The smallest absolute Gasteiger partial charge is 0.242 e. The number of nitrogens with zero attached hydrogens (tertiary/aromatic N) is 1. The number of sulfonamides is 1. The van der Waals surface area contributed by atoms with Gasteiger partial charge in [0.1, 0.15) is 0 Å². The standard InChI is InChI=1S/C13H26N4O3S/c1-4-14-10-12-9-13(11-15-12)21(18,19)16-5-6-17(2)7-8-20-3/h9,11,14-16H,4-8,10H2,1-3H3. The first-order valence-electron chi connectivity index (χ1n) is 7.04. The highest BCUT2D eigenvalue weighted by Gasteiger charge is 2.15. The third kappa shape index (κ3) is 6.58. The molecule has 0 bridgehead atoms. The van der Waals surface area contributed by atoms with E-state index >= 15 is 0 Å². The fraction of sp³-hybridized carbons (Fsp3) is 0.692. The topological polar surface area (TPSA) is 86.5 Å². The summed E-state index contributed by atoms with van der Waals surface area (Å²) in [5.41, 5.74) is 0.856. The van der Waals surface area contributed by atoms with Crippen LogP contribution in [0.5, 0.6) is 0 Å². The molecule has 1 heterocycles. The van der Waals surface area contributed by atoms with E-state index in [4.69, 9.17) is 4.74 Å². The van der Waals surface area contributed by atoms with Gasteiger partial charge in [0, 0.05) is 45.2 Å². The maximum absolute atomic E-state index is 12.1. The summed E-state index contributed by atoms with van der Waals surface area (Å²) in [4.78, 5) is 5.25. The van der Waals surface area contributed by atoms with Crippen LogP contribution < -0.4 is 10.0 Å². The molecule has 1 rings (SSSR count). The van der Waals surface area contributed by atoms with Crippen molar-refractivity contribution < 1.29 is 13.2 Å². The summed E-state index contributed by atoms with van der Waals surface area (Å²) in [5.74, 6) is 0. The van der Waals surface area contributed by atoms with Gasteiger partial charge >= 0.3 is 0 Å². The third-order valence-electron chi connectivity index (χ3n) is 3.05. The van der Waals surface area contributed by atoms with Crippen molar-refractivity contribution in [3.8, 4) is 0 Å². The van der Waals surface area contributed by atoms with Gasteiger partial charge in [0.2, 0.25) is 10.0 Å². The van der Waals surface area contributed by atoms with Crippen LogP contribution in [0.2, 0.25) is 0 Å². The first kappa shape index (κ1) is 18.1. The van der Waals surface area contributed by atoms with E-state index in [9.17, 15) is 8.42 Å². The summed E-state index contributed by atoms with van der Waals surface area (Å²) in [6.45, 7) is 5.89. The van der Waals surface area contributed by atoms with Crippen molar-refractivity contribution in [2.45, 2.75) is 18.4 Å². The summed E-state index contributed by atoms with van der Waals surface area (Å²) in [6.07, 6.45) is 1.52. The lowest BCUT2D eigenvalue weighted by atomic mass is 10.4. The Balaban J connectivity index is 2.44. The van der Waals surface area contributed by atoms with Crippen molar-refractivity contribution in [1.29, 1.82) is 0 Å². The number of aromatic amines is 1. The Morgan fingerprint density at radius 1 is 1.38 bits per heavy atom. The number of rotatable bonds is 11. The molecular weight excluding hydrogens is 292 g/mol. The minimum Gasteiger partial charge on any atom is -0.383 e. The molecule has 0 saturated heterocycles. The zero-order valence-electron chi connectivity index (χ0n) is 13.0. The number of hydrogen-bond donors (Lipinski definition) is 3. The average molecular weight is 318 g/mol. The lowest BCUT2D eigenvalue weighted by Crippen LogP contribution is -2.34. The monoisotopic (exact) mass is 318 g/mol. The molecule has 122 valence electrons. The summed E-state index contributed by atoms with van der Waals surface area (Å²) in [7, 11) is 0.127. The van der Waals surface area contributed by atoms with Crippen LogP contribution in [-0.2, 0) is 21.3 Å². The second-order valence-electron chi connectivity index (χ2n) is 4.83. The maximum Gasteiger partial charge on any atom is 0.242 e. The molecule has 0 aliphatic carbocycles. The number of likely N-dealkylation sites (N-methyl/N-ethyl adjacent to an activating group) is 1. The molecule has 7 nitrogen and oxygen atoms in total. The molecule has 0 spiro atoms. The van der Waals surface area contributed by atoms with Crippen molar-refractivity contribution in [2.24, 2.45) is 0 Å². The highest BCUT2D eigenvalue weighted by Crippen LogP contribution is 2.10. The molecule has 1 aromatic rings. The molecule has 0 fully saturated rings. The van der Waals surface area contributed by atoms with Crippen LogP contribution in [-0.4, -0.2) is 65.2 Å². The van der Waals surface area contributed by atoms with Crippen molar-refractivity contribution in [3.05, 3.63) is 18.0 Å². The summed E-state index contributed by atoms with van der Waals surface area (Å²) in [6, 6.07) is 1.65. The maximum atomic E-state index is 12.1. The minimum absolute atomic E-state index is 0.273. The number of H-pyrrole nitrogens is 1. The molecule has 0 aliphatic rings. The highest BCUT2D eigenvalue weighted by atomic mass is 32.2. The molecule has 0 unspecified atom stereocenters. The quantitative estimate of drug-likeness (QED) is 0.534. The largest absolute Gasteiger partial charge is 0.383 e. The van der Waals surface area contributed by atoms with Crippen molar-refractivity contribution in [3.63, 3.8) is 0 Å². The lowest BCUT2D eigenvalue weighted by Gasteiger charge is -2.15. The van der Waals surface area contributed by atoms with Crippen LogP contribution in [0.4, 0.5) is 0 Å². The van der Waals surface area contributed by atoms with Gasteiger partial charge in [-0.25, -0.2) is 13.1 Å². The van der Waals surface area contributed by atoms with Crippen LogP contribution in [0.3, 0.4) is 0 Å². The van der Waals surface area contributed by atoms with Crippen LogP contribution in [0.25, 0.3) is 0 Å². The van der Waals surface area contributed by atoms with Gasteiger partial charge in [0.05, 0.1) is 11.5 Å². The second-order valence-corrected chi connectivity index (χ2v) is 6.60. The first-order valence-corrected chi connectivity index (χ1v) is 8.53. The van der Waals surface area contributed by atoms with E-state index in [-0.39, 0.29) is 4.90 Å². The minimum atomic E-state index is -3.45. The van der Waals surface area contributed by atoms with Gasteiger partial charge in [-0.15, -0.1) is 0 Å². The average Bonchev–Trinajstić information content (AvgIpc) is 2.92. The molecule has 0 radical (unpaired) electrons. The van der Waals surface area contributed by atoms with E-state index in [1.54, 1.807) is 13.2 Å². The van der Waals surface area contributed by atoms with Gasteiger partial charge in [-0.3, -0.25) is 0 Å². The highest BCUT2D eigenvalue weighted by molar-refractivity contribution is 7.89. The first-order chi connectivity index (χ1) is 9.99. The molecule has 0 saturated carbocycles. The molecule has 3 N–H and O–H groups in total. The number of nitrogens with one attached hydrogen (secondary N) is 3. The molecule has 0 amide bonds. The SMILES string of the molecule is CCNCc1cc(S(=O)(=O)NCCN(C)CCOC)c[nH]1. The van der Waals surface area contributed by atoms with Crippen LogP contribution >= 0.6 is 0 Å². The number of aromatic nitrogens is 1. The zero-order valence-corrected chi connectivity index (χ0v) is 13.8. The summed E-state index contributed by atoms with van der Waals surface area (Å²) in [5, 5.41) is 3.14. The zero-order chi connectivity index (χ0) is 15.7. The Hall–Kier alpha value is -0.930. The Morgan fingerprint density at radius 2 is 2.14 bits per heavy atom. The van der Waals surface area contributed by atoms with E-state index in [0.29, 0.717) is 26.2 Å². The van der Waals surface area contributed by atoms with Gasteiger partial charge in [-0.1, -0.05) is 6.92 Å². The van der Waals surface area contributed by atoms with Gasteiger partial charge in [-0.2, -0.15) is 0 Å². The second kappa shape index (κ2) is 9.16. The molecule has 0 atom stereocenters. The Morgan fingerprint density at radius 3 is 2.81 bits per heavy atom. The molecule has 1 aromatic heterocycles. The molecule has 8 heteroatoms. The summed E-state index contributed by atoms with van der Waals surface area (Å²) >= 11 is 0. The number of methoxy groups -OCH3 is 1. The van der Waals surface area contributed by atoms with Crippen LogP contribution in [0, 0.1) is 0 Å². The van der Waals surface area contributed by atoms with E-state index in [0.717, 1.165) is 18.8 Å². The normalized spacial score (nSPS) is 12.2. The predicted molar refractivity (Wildman–Crippen MR) is 82.7 cm³/mol. The molecule has 21 heavy (non-hydrogen) atoms. The summed E-state index contributed by atoms with van der Waals surface area (Å²) < 4.78 is 31.8. The van der Waals surface area contributed by atoms with Crippen LogP contribution in [0.1, 0.15) is 12.6 Å². The Kier molecular flexibility index (Phi) is 7.91. The fourth-order valence-electron chi connectivity index (χ4n) is 1.75. The lowest BCUT2D eigenvalue weighted by molar-refractivity contribution is 0.162. The van der Waals surface area contributed by atoms with E-state index in [2.05, 4.69) is 15.0 Å². The molecular formula is C13H26N4O3S. The van der Waals surface area contributed by atoms with Gasteiger partial charge in [0.15, 0.2) is 0 Å². The number of ether oxygens (including phenoxy) is 1. The third-order valence-corrected chi connectivity index (χ3v) is 4.50. The predicted octanol–water partition coefficient (Wildman–Crippen LogP) is -0.0193. The van der Waals surface area contributed by atoms with Gasteiger partial charge < -0.3 is 19.9 Å². The Bertz CT molecular complexity index is 501. The molecule has 0 aromatic carbocycles. The van der Waals surface area contributed by atoms with Crippen molar-refractivity contribution >= 4 is 10.0 Å². The van der Waals surface area contributed by atoms with Crippen LogP contribution in [0.15, 0.2) is 17.2 Å². The van der Waals surface area contributed by atoms with Crippen molar-refractivity contribution in [2.75, 3.05) is 46.9 Å². The fourth-order valence-corrected chi connectivity index (χ4v) is 2.79. The van der Waals surface area contributed by atoms with Crippen molar-refractivity contribution in [1.82, 2.24) is 19.9 Å². The number of hydrogen-bond acceptors (Lipinski definition) is 5. The molecule has 0 aliphatic heterocycles. The van der Waals surface area contributed by atoms with Gasteiger partial charge in [0.25, 0.3) is 0 Å². The van der Waals surface area contributed by atoms with E-state index < -0.39 is 10.0 Å². The van der Waals surface area contributed by atoms with E-state index in [1.165, 1.54) is 6.20 Å².